The smallest absolute Gasteiger partial charge is 0.118 e. The molecule has 3 nitrogen and oxygen atoms in total. The SMILES string of the molecule is CCCC(C)(CNC(C)C)CN(C)Cc1ccc(C)o1. The maximum Gasteiger partial charge on any atom is 0.118 e. The summed E-state index contributed by atoms with van der Waals surface area (Å²) in [6.45, 7) is 14.1. The molecule has 0 spiro atoms. The maximum atomic E-state index is 5.67. The first-order chi connectivity index (χ1) is 9.34. The Balaban J connectivity index is 2.54. The third kappa shape index (κ3) is 6.10. The van der Waals surface area contributed by atoms with E-state index in [0.29, 0.717) is 11.5 Å². The van der Waals surface area contributed by atoms with Crippen molar-refractivity contribution in [1.29, 1.82) is 0 Å². The fourth-order valence-electron chi connectivity index (χ4n) is 2.82. The van der Waals surface area contributed by atoms with Gasteiger partial charge in [0, 0.05) is 19.1 Å². The van der Waals surface area contributed by atoms with Crippen LogP contribution < -0.4 is 5.32 Å². The first-order valence-electron chi connectivity index (χ1n) is 7.82. The van der Waals surface area contributed by atoms with Crippen LogP contribution in [0.2, 0.25) is 0 Å². The van der Waals surface area contributed by atoms with Gasteiger partial charge in [-0.25, -0.2) is 0 Å². The monoisotopic (exact) mass is 280 g/mol. The lowest BCUT2D eigenvalue weighted by atomic mass is 9.84. The van der Waals surface area contributed by atoms with Crippen molar-refractivity contribution in [3.63, 3.8) is 0 Å². The minimum Gasteiger partial charge on any atom is -0.465 e. The Morgan fingerprint density at radius 3 is 2.55 bits per heavy atom. The van der Waals surface area contributed by atoms with Crippen molar-refractivity contribution in [2.75, 3.05) is 20.1 Å². The van der Waals surface area contributed by atoms with Gasteiger partial charge in [0.25, 0.3) is 0 Å². The van der Waals surface area contributed by atoms with Crippen molar-refractivity contribution >= 4 is 0 Å². The van der Waals surface area contributed by atoms with Crippen molar-refractivity contribution in [3.8, 4) is 0 Å². The average Bonchev–Trinajstić information content (AvgIpc) is 2.72. The van der Waals surface area contributed by atoms with Crippen LogP contribution in [0.5, 0.6) is 0 Å². The van der Waals surface area contributed by atoms with E-state index < -0.39 is 0 Å². The largest absolute Gasteiger partial charge is 0.465 e. The van der Waals surface area contributed by atoms with Crippen LogP contribution in [-0.2, 0) is 6.54 Å². The molecule has 0 saturated carbocycles. The van der Waals surface area contributed by atoms with E-state index >= 15 is 0 Å². The second-order valence-corrected chi connectivity index (χ2v) is 6.78. The molecule has 0 aliphatic rings. The topological polar surface area (TPSA) is 28.4 Å². The lowest BCUT2D eigenvalue weighted by Gasteiger charge is -2.34. The Hall–Kier alpha value is -0.800. The average molecular weight is 280 g/mol. The summed E-state index contributed by atoms with van der Waals surface area (Å²) in [5.41, 5.74) is 0.315. The first-order valence-corrected chi connectivity index (χ1v) is 7.82. The normalized spacial score (nSPS) is 15.0. The molecule has 1 heterocycles. The summed E-state index contributed by atoms with van der Waals surface area (Å²) in [5, 5.41) is 3.59. The van der Waals surface area contributed by atoms with Crippen molar-refractivity contribution in [1.82, 2.24) is 10.2 Å². The molecule has 20 heavy (non-hydrogen) atoms. The van der Waals surface area contributed by atoms with Crippen LogP contribution >= 0.6 is 0 Å². The molecule has 0 radical (unpaired) electrons. The van der Waals surface area contributed by atoms with E-state index in [0.717, 1.165) is 31.2 Å². The zero-order chi connectivity index (χ0) is 15.2. The van der Waals surface area contributed by atoms with Crippen LogP contribution in [0.3, 0.4) is 0 Å². The van der Waals surface area contributed by atoms with E-state index in [4.69, 9.17) is 4.42 Å². The van der Waals surface area contributed by atoms with Gasteiger partial charge in [-0.15, -0.1) is 0 Å². The molecule has 0 aliphatic heterocycles. The quantitative estimate of drug-likeness (QED) is 0.745. The minimum absolute atomic E-state index is 0.315. The molecule has 1 N–H and O–H groups in total. The highest BCUT2D eigenvalue weighted by molar-refractivity contribution is 5.05. The summed E-state index contributed by atoms with van der Waals surface area (Å²) in [5.74, 6) is 2.05. The van der Waals surface area contributed by atoms with Crippen LogP contribution in [0.25, 0.3) is 0 Å². The molecule has 116 valence electrons. The zero-order valence-electron chi connectivity index (χ0n) is 14.1. The van der Waals surface area contributed by atoms with Gasteiger partial charge in [0.1, 0.15) is 11.5 Å². The molecular weight excluding hydrogens is 248 g/mol. The molecule has 0 bridgehead atoms. The van der Waals surface area contributed by atoms with Gasteiger partial charge in [-0.1, -0.05) is 34.1 Å². The Kier molecular flexibility index (Phi) is 6.77. The lowest BCUT2D eigenvalue weighted by Crippen LogP contribution is -2.42. The number of hydrogen-bond acceptors (Lipinski definition) is 3. The molecule has 0 saturated heterocycles. The van der Waals surface area contributed by atoms with E-state index in [2.05, 4.69) is 51.0 Å². The summed E-state index contributed by atoms with van der Waals surface area (Å²) < 4.78 is 5.67. The summed E-state index contributed by atoms with van der Waals surface area (Å²) in [6, 6.07) is 4.66. The molecule has 1 atom stereocenters. The van der Waals surface area contributed by atoms with Gasteiger partial charge in [0.05, 0.1) is 6.54 Å². The number of nitrogens with zero attached hydrogens (tertiary/aromatic N) is 1. The van der Waals surface area contributed by atoms with Crippen LogP contribution in [-0.4, -0.2) is 31.1 Å². The third-order valence-electron chi connectivity index (χ3n) is 3.66. The van der Waals surface area contributed by atoms with E-state index in [1.807, 2.05) is 13.0 Å². The number of hydrogen-bond donors (Lipinski definition) is 1. The zero-order valence-corrected chi connectivity index (χ0v) is 14.1. The number of nitrogens with one attached hydrogen (secondary N) is 1. The number of furan rings is 1. The number of rotatable bonds is 9. The molecule has 1 aromatic rings. The van der Waals surface area contributed by atoms with Crippen LogP contribution in [0.1, 0.15) is 52.1 Å². The van der Waals surface area contributed by atoms with Gasteiger partial charge >= 0.3 is 0 Å². The molecule has 1 unspecified atom stereocenters. The highest BCUT2D eigenvalue weighted by Gasteiger charge is 2.25. The summed E-state index contributed by atoms with van der Waals surface area (Å²) in [4.78, 5) is 2.37. The molecule has 3 heteroatoms. The number of aryl methyl sites for hydroxylation is 1. The fourth-order valence-corrected chi connectivity index (χ4v) is 2.82. The van der Waals surface area contributed by atoms with Crippen molar-refractivity contribution in [2.24, 2.45) is 5.41 Å². The standard InChI is InChI=1S/C17H32N2O/c1-7-10-17(5,12-18-14(2)3)13-19(6)11-16-9-8-15(4)20-16/h8-9,14,18H,7,10-13H2,1-6H3. The minimum atomic E-state index is 0.315. The van der Waals surface area contributed by atoms with Crippen LogP contribution in [0.4, 0.5) is 0 Å². The Morgan fingerprint density at radius 2 is 2.05 bits per heavy atom. The molecule has 1 rings (SSSR count). The van der Waals surface area contributed by atoms with Gasteiger partial charge in [0.15, 0.2) is 0 Å². The van der Waals surface area contributed by atoms with E-state index in [1.165, 1.54) is 12.8 Å². The summed E-state index contributed by atoms with van der Waals surface area (Å²) in [6.07, 6.45) is 2.47. The Morgan fingerprint density at radius 1 is 1.35 bits per heavy atom. The van der Waals surface area contributed by atoms with Crippen LogP contribution in [0, 0.1) is 12.3 Å². The van der Waals surface area contributed by atoms with E-state index in [9.17, 15) is 0 Å². The molecule has 0 amide bonds. The lowest BCUT2D eigenvalue weighted by molar-refractivity contribution is 0.158. The van der Waals surface area contributed by atoms with Gasteiger partial charge in [0.2, 0.25) is 0 Å². The molecule has 1 aromatic heterocycles. The van der Waals surface area contributed by atoms with Gasteiger partial charge in [-0.05, 0) is 37.9 Å². The molecule has 0 aliphatic carbocycles. The summed E-state index contributed by atoms with van der Waals surface area (Å²) >= 11 is 0. The molecule has 0 aromatic carbocycles. The van der Waals surface area contributed by atoms with Crippen LogP contribution in [0.15, 0.2) is 16.5 Å². The highest BCUT2D eigenvalue weighted by atomic mass is 16.3. The van der Waals surface area contributed by atoms with Gasteiger partial charge in [-0.3, -0.25) is 4.90 Å². The van der Waals surface area contributed by atoms with Gasteiger partial charge < -0.3 is 9.73 Å². The maximum absolute atomic E-state index is 5.67. The van der Waals surface area contributed by atoms with Crippen molar-refractivity contribution < 1.29 is 4.42 Å². The second-order valence-electron chi connectivity index (χ2n) is 6.78. The van der Waals surface area contributed by atoms with E-state index in [-0.39, 0.29) is 0 Å². The second kappa shape index (κ2) is 7.84. The first kappa shape index (κ1) is 17.3. The van der Waals surface area contributed by atoms with Gasteiger partial charge in [-0.2, -0.15) is 0 Å². The predicted molar refractivity (Wildman–Crippen MR) is 85.9 cm³/mol. The predicted octanol–water partition coefficient (Wildman–Crippen LogP) is 3.82. The summed E-state index contributed by atoms with van der Waals surface area (Å²) in [7, 11) is 2.18. The fraction of sp³-hybridized carbons (Fsp3) is 0.765. The van der Waals surface area contributed by atoms with Crippen molar-refractivity contribution in [3.05, 3.63) is 23.7 Å². The Bertz CT molecular complexity index is 386. The Labute approximate surface area is 124 Å². The molecular formula is C17H32N2O. The molecule has 0 fully saturated rings. The third-order valence-corrected chi connectivity index (χ3v) is 3.66. The van der Waals surface area contributed by atoms with E-state index in [1.54, 1.807) is 0 Å². The highest BCUT2D eigenvalue weighted by Crippen LogP contribution is 2.24. The van der Waals surface area contributed by atoms with Crippen molar-refractivity contribution in [2.45, 2.75) is 60.0 Å².